The van der Waals surface area contributed by atoms with Gasteiger partial charge in [-0.3, -0.25) is 4.79 Å². The number of nitrogens with zero attached hydrogens (tertiary/aromatic N) is 2. The number of hydrogen-bond acceptors (Lipinski definition) is 5. The monoisotopic (exact) mass is 466 g/mol. The van der Waals surface area contributed by atoms with Gasteiger partial charge < -0.3 is 9.88 Å². The topological polar surface area (TPSA) is 107 Å². The SMILES string of the molecule is Cc1cccc(N=C2NC(=O)/C(=C/c3cc(C)n(-c4ccc(S(N)(=O)=O)cc4)c3C)S2)c1. The van der Waals surface area contributed by atoms with E-state index in [1.54, 1.807) is 12.1 Å². The summed E-state index contributed by atoms with van der Waals surface area (Å²) in [6, 6.07) is 16.1. The summed E-state index contributed by atoms with van der Waals surface area (Å²) in [6.45, 7) is 5.90. The molecule has 1 saturated heterocycles. The number of aryl methyl sites for hydroxylation is 2. The van der Waals surface area contributed by atoms with E-state index >= 15 is 0 Å². The van der Waals surface area contributed by atoms with Crippen LogP contribution in [0, 0.1) is 20.8 Å². The molecule has 3 N–H and O–H groups in total. The Morgan fingerprint density at radius 2 is 1.78 bits per heavy atom. The van der Waals surface area contributed by atoms with Crippen LogP contribution in [-0.2, 0) is 14.8 Å². The Morgan fingerprint density at radius 3 is 2.44 bits per heavy atom. The number of carbonyl (C=O) groups excluding carboxylic acids is 1. The maximum atomic E-state index is 12.5. The number of nitrogens with two attached hydrogens (primary N) is 1. The van der Waals surface area contributed by atoms with Crippen LogP contribution < -0.4 is 10.5 Å². The van der Waals surface area contributed by atoms with Crippen molar-refractivity contribution in [3.05, 3.63) is 82.0 Å². The lowest BCUT2D eigenvalue weighted by Crippen LogP contribution is -2.19. The zero-order chi connectivity index (χ0) is 23.0. The Labute approximate surface area is 191 Å². The average molecular weight is 467 g/mol. The minimum Gasteiger partial charge on any atom is -0.318 e. The van der Waals surface area contributed by atoms with E-state index in [-0.39, 0.29) is 10.8 Å². The number of amides is 1. The summed E-state index contributed by atoms with van der Waals surface area (Å²) in [7, 11) is -3.75. The van der Waals surface area contributed by atoms with Gasteiger partial charge in [-0.1, -0.05) is 12.1 Å². The Morgan fingerprint density at radius 1 is 1.06 bits per heavy atom. The van der Waals surface area contributed by atoms with Crippen molar-refractivity contribution >= 4 is 44.6 Å². The number of carbonyl (C=O) groups is 1. The smallest absolute Gasteiger partial charge is 0.264 e. The van der Waals surface area contributed by atoms with Gasteiger partial charge in [0, 0.05) is 17.1 Å². The lowest BCUT2D eigenvalue weighted by molar-refractivity contribution is -0.115. The maximum Gasteiger partial charge on any atom is 0.264 e. The molecule has 0 saturated carbocycles. The molecular formula is C23H22N4O3S2. The van der Waals surface area contributed by atoms with Crippen molar-refractivity contribution < 1.29 is 13.2 Å². The van der Waals surface area contributed by atoms with Crippen LogP contribution in [0.5, 0.6) is 0 Å². The van der Waals surface area contributed by atoms with Crippen molar-refractivity contribution in [3.8, 4) is 5.69 Å². The molecule has 0 aliphatic carbocycles. The Kier molecular flexibility index (Phi) is 5.81. The summed E-state index contributed by atoms with van der Waals surface area (Å²) in [5.41, 5.74) is 5.47. The van der Waals surface area contributed by atoms with Crippen molar-refractivity contribution in [1.29, 1.82) is 0 Å². The second-order valence-corrected chi connectivity index (χ2v) is 10.1. The maximum absolute atomic E-state index is 12.5. The second-order valence-electron chi connectivity index (χ2n) is 7.52. The predicted molar refractivity (Wildman–Crippen MR) is 129 cm³/mol. The van der Waals surface area contributed by atoms with Gasteiger partial charge >= 0.3 is 0 Å². The highest BCUT2D eigenvalue weighted by molar-refractivity contribution is 8.18. The van der Waals surface area contributed by atoms with Gasteiger partial charge in [0.15, 0.2) is 5.17 Å². The van der Waals surface area contributed by atoms with E-state index in [1.807, 2.05) is 61.7 Å². The number of rotatable bonds is 4. The van der Waals surface area contributed by atoms with Gasteiger partial charge in [0.05, 0.1) is 15.5 Å². The molecule has 1 fully saturated rings. The van der Waals surface area contributed by atoms with Crippen LogP contribution in [0.25, 0.3) is 11.8 Å². The van der Waals surface area contributed by atoms with E-state index in [4.69, 9.17) is 5.14 Å². The molecule has 1 aromatic heterocycles. The predicted octanol–water partition coefficient (Wildman–Crippen LogP) is 3.94. The zero-order valence-electron chi connectivity index (χ0n) is 17.8. The molecule has 9 heteroatoms. The highest BCUT2D eigenvalue weighted by atomic mass is 32.2. The first-order chi connectivity index (χ1) is 15.1. The third-order valence-electron chi connectivity index (χ3n) is 5.06. The normalized spacial score (nSPS) is 16.7. The van der Waals surface area contributed by atoms with E-state index in [0.717, 1.165) is 33.9 Å². The molecule has 0 atom stereocenters. The number of sulfonamides is 1. The van der Waals surface area contributed by atoms with Gasteiger partial charge in [-0.15, -0.1) is 0 Å². The standard InChI is InChI=1S/C23H22N4O3S2/c1-14-5-4-6-18(11-14)25-23-26-22(28)21(31-23)13-17-12-15(2)27(16(17)3)19-7-9-20(10-8-19)32(24,29)30/h4-13H,1-3H3,(H2,24,29,30)(H,25,26,28)/b21-13-. The lowest BCUT2D eigenvalue weighted by Gasteiger charge is -2.10. The van der Waals surface area contributed by atoms with Crippen LogP contribution in [0.3, 0.4) is 0 Å². The van der Waals surface area contributed by atoms with Crippen LogP contribution in [0.2, 0.25) is 0 Å². The summed E-state index contributed by atoms with van der Waals surface area (Å²) >= 11 is 1.30. The quantitative estimate of drug-likeness (QED) is 0.568. The second kappa shape index (κ2) is 8.42. The number of primary sulfonamides is 1. The number of benzene rings is 2. The van der Waals surface area contributed by atoms with Crippen molar-refractivity contribution in [2.24, 2.45) is 10.1 Å². The van der Waals surface area contributed by atoms with E-state index in [2.05, 4.69) is 10.3 Å². The summed E-state index contributed by atoms with van der Waals surface area (Å²) in [5.74, 6) is -0.191. The lowest BCUT2D eigenvalue weighted by atomic mass is 10.2. The van der Waals surface area contributed by atoms with Crippen molar-refractivity contribution in [3.63, 3.8) is 0 Å². The fraction of sp³-hybridized carbons (Fsp3) is 0.130. The minimum atomic E-state index is -3.75. The van der Waals surface area contributed by atoms with Crippen LogP contribution in [0.4, 0.5) is 5.69 Å². The van der Waals surface area contributed by atoms with Gasteiger partial charge in [-0.2, -0.15) is 0 Å². The molecule has 1 aliphatic heterocycles. The molecule has 32 heavy (non-hydrogen) atoms. The number of amidine groups is 1. The Hall–Kier alpha value is -3.14. The van der Waals surface area contributed by atoms with Gasteiger partial charge in [0.1, 0.15) is 0 Å². The molecule has 2 aromatic carbocycles. The molecular weight excluding hydrogens is 444 g/mol. The number of aliphatic imine (C=N–C) groups is 1. The number of nitrogens with one attached hydrogen (secondary N) is 1. The molecule has 3 aromatic rings. The first kappa shape index (κ1) is 22.1. The van der Waals surface area contributed by atoms with Crippen LogP contribution in [-0.4, -0.2) is 24.1 Å². The highest BCUT2D eigenvalue weighted by Gasteiger charge is 2.24. The molecule has 0 unspecified atom stereocenters. The number of aromatic nitrogens is 1. The van der Waals surface area contributed by atoms with Crippen LogP contribution in [0.15, 0.2) is 69.4 Å². The molecule has 0 radical (unpaired) electrons. The molecule has 4 rings (SSSR count). The van der Waals surface area contributed by atoms with E-state index in [9.17, 15) is 13.2 Å². The van der Waals surface area contributed by atoms with Crippen molar-refractivity contribution in [1.82, 2.24) is 9.88 Å². The first-order valence-electron chi connectivity index (χ1n) is 9.80. The molecule has 0 bridgehead atoms. The third kappa shape index (κ3) is 4.55. The minimum absolute atomic E-state index is 0.0607. The first-order valence-corrected chi connectivity index (χ1v) is 12.2. The molecule has 164 valence electrons. The summed E-state index contributed by atoms with van der Waals surface area (Å²) in [4.78, 5) is 17.6. The molecule has 0 spiro atoms. The van der Waals surface area contributed by atoms with Gasteiger partial charge in [0.25, 0.3) is 5.91 Å². The highest BCUT2D eigenvalue weighted by Crippen LogP contribution is 2.30. The average Bonchev–Trinajstić information content (AvgIpc) is 3.19. The zero-order valence-corrected chi connectivity index (χ0v) is 19.4. The fourth-order valence-corrected chi connectivity index (χ4v) is 4.90. The van der Waals surface area contributed by atoms with Gasteiger partial charge in [-0.25, -0.2) is 18.5 Å². The van der Waals surface area contributed by atoms with Crippen LogP contribution in [0.1, 0.15) is 22.5 Å². The largest absolute Gasteiger partial charge is 0.318 e. The van der Waals surface area contributed by atoms with E-state index in [0.29, 0.717) is 10.1 Å². The third-order valence-corrected chi connectivity index (χ3v) is 6.90. The summed E-state index contributed by atoms with van der Waals surface area (Å²) in [6.07, 6.45) is 1.84. The Balaban J connectivity index is 1.63. The van der Waals surface area contributed by atoms with Crippen molar-refractivity contribution in [2.45, 2.75) is 25.7 Å². The van der Waals surface area contributed by atoms with Gasteiger partial charge in [0.2, 0.25) is 10.0 Å². The van der Waals surface area contributed by atoms with Crippen LogP contribution >= 0.6 is 11.8 Å². The van der Waals surface area contributed by atoms with E-state index in [1.165, 1.54) is 23.9 Å². The molecule has 1 aliphatic rings. The summed E-state index contributed by atoms with van der Waals surface area (Å²) < 4.78 is 25.0. The fourth-order valence-electron chi connectivity index (χ4n) is 3.55. The summed E-state index contributed by atoms with van der Waals surface area (Å²) in [5, 5.41) is 8.54. The number of thioether (sulfide) groups is 1. The van der Waals surface area contributed by atoms with E-state index < -0.39 is 10.0 Å². The Bertz CT molecular complexity index is 1390. The molecule has 7 nitrogen and oxygen atoms in total. The van der Waals surface area contributed by atoms with Gasteiger partial charge in [-0.05, 0) is 92.2 Å². The van der Waals surface area contributed by atoms with Crippen molar-refractivity contribution in [2.75, 3.05) is 0 Å². The number of hydrogen-bond donors (Lipinski definition) is 2. The molecule has 2 heterocycles. The molecule has 1 amide bonds.